The summed E-state index contributed by atoms with van der Waals surface area (Å²) in [4.78, 5) is 18.4. The maximum atomic E-state index is 12.7. The van der Waals surface area contributed by atoms with Gasteiger partial charge >= 0.3 is 0 Å². The molecule has 19 heavy (non-hydrogen) atoms. The highest BCUT2D eigenvalue weighted by molar-refractivity contribution is 5.91. The smallest absolute Gasteiger partial charge is 0.171 e. The zero-order valence-corrected chi connectivity index (χ0v) is 11.4. The van der Waals surface area contributed by atoms with Gasteiger partial charge in [-0.25, -0.2) is 9.37 Å². The second kappa shape index (κ2) is 5.65. The summed E-state index contributed by atoms with van der Waals surface area (Å²) in [6, 6.07) is 2.86. The predicted octanol–water partition coefficient (Wildman–Crippen LogP) is 2.08. The first-order valence-corrected chi connectivity index (χ1v) is 6.64. The number of pyridine rings is 1. The zero-order chi connectivity index (χ0) is 13.9. The molecule has 0 radical (unpaired) electrons. The fourth-order valence-electron chi connectivity index (χ4n) is 2.32. The van der Waals surface area contributed by atoms with Gasteiger partial charge in [-0.1, -0.05) is 0 Å². The van der Waals surface area contributed by atoms with Gasteiger partial charge in [0.05, 0.1) is 18.3 Å². The number of ketones is 1. The molecule has 0 aromatic carbocycles. The largest absolute Gasteiger partial charge is 0.363 e. The lowest BCUT2D eigenvalue weighted by Crippen LogP contribution is -2.50. The van der Waals surface area contributed by atoms with Crippen molar-refractivity contribution in [2.24, 2.45) is 0 Å². The number of aromatic nitrogens is 1. The first kappa shape index (κ1) is 13.9. The van der Waals surface area contributed by atoms with Crippen LogP contribution in [0.5, 0.6) is 0 Å². The lowest BCUT2D eigenvalue weighted by Gasteiger charge is -2.33. The van der Waals surface area contributed by atoms with Crippen LogP contribution in [0.1, 0.15) is 26.7 Å². The molecule has 2 heterocycles. The number of carbonyl (C=O) groups excluding carboxylic acids is 1. The quantitative estimate of drug-likeness (QED) is 0.885. The van der Waals surface area contributed by atoms with E-state index in [1.807, 2.05) is 13.8 Å². The number of hydrogen-bond acceptors (Lipinski definition) is 4. The zero-order valence-electron chi connectivity index (χ0n) is 11.4. The van der Waals surface area contributed by atoms with Gasteiger partial charge in [0.25, 0.3) is 0 Å². The van der Waals surface area contributed by atoms with Gasteiger partial charge in [-0.3, -0.25) is 9.69 Å². The Hall–Kier alpha value is -1.49. The second-order valence-electron chi connectivity index (χ2n) is 5.39. The Bertz CT molecular complexity index is 439. The second-order valence-corrected chi connectivity index (χ2v) is 5.39. The number of anilines is 1. The molecule has 1 aliphatic rings. The molecule has 2 rings (SSSR count). The molecular formula is C14H20FN3O. The van der Waals surface area contributed by atoms with Gasteiger partial charge in [0.15, 0.2) is 5.78 Å². The molecule has 5 heteroatoms. The minimum absolute atomic E-state index is 0.125. The van der Waals surface area contributed by atoms with E-state index in [0.717, 1.165) is 32.1 Å². The van der Waals surface area contributed by atoms with Gasteiger partial charge in [0.2, 0.25) is 0 Å². The van der Waals surface area contributed by atoms with E-state index in [4.69, 9.17) is 0 Å². The van der Waals surface area contributed by atoms with Crippen LogP contribution in [0.3, 0.4) is 0 Å². The summed E-state index contributed by atoms with van der Waals surface area (Å²) in [5, 5.41) is 2.95. The Balaban J connectivity index is 1.91. The summed E-state index contributed by atoms with van der Waals surface area (Å²) >= 11 is 0. The number of rotatable bonds is 5. The van der Waals surface area contributed by atoms with Crippen molar-refractivity contribution in [3.8, 4) is 0 Å². The molecule has 1 saturated heterocycles. The Morgan fingerprint density at radius 3 is 2.68 bits per heavy atom. The van der Waals surface area contributed by atoms with Gasteiger partial charge in [0, 0.05) is 0 Å². The van der Waals surface area contributed by atoms with Gasteiger partial charge in [-0.2, -0.15) is 0 Å². The van der Waals surface area contributed by atoms with E-state index in [2.05, 4.69) is 15.2 Å². The van der Waals surface area contributed by atoms with Crippen LogP contribution in [-0.2, 0) is 4.79 Å². The molecule has 1 N–H and O–H groups in total. The third kappa shape index (κ3) is 3.29. The number of Topliss-reactive ketones (excluding diaryl/α,β-unsaturated/α-hetero) is 1. The van der Waals surface area contributed by atoms with Crippen molar-refractivity contribution in [3.63, 3.8) is 0 Å². The summed E-state index contributed by atoms with van der Waals surface area (Å²) in [5.74, 6) is 0.266. The Morgan fingerprint density at radius 1 is 1.42 bits per heavy atom. The molecule has 104 valence electrons. The summed E-state index contributed by atoms with van der Waals surface area (Å²) in [6.07, 6.45) is 3.45. The van der Waals surface area contributed by atoms with Gasteiger partial charge in [-0.05, 0) is 51.9 Å². The number of nitrogens with one attached hydrogen (secondary N) is 1. The molecule has 0 unspecified atom stereocenters. The molecule has 1 aromatic heterocycles. The summed E-state index contributed by atoms with van der Waals surface area (Å²) in [5.41, 5.74) is -0.455. The van der Waals surface area contributed by atoms with Gasteiger partial charge < -0.3 is 5.32 Å². The lowest BCUT2D eigenvalue weighted by molar-refractivity contribution is -0.127. The third-order valence-corrected chi connectivity index (χ3v) is 3.74. The number of halogens is 1. The Labute approximate surface area is 113 Å². The topological polar surface area (TPSA) is 45.2 Å². The molecule has 0 bridgehead atoms. The van der Waals surface area contributed by atoms with Crippen molar-refractivity contribution in [2.45, 2.75) is 32.2 Å². The van der Waals surface area contributed by atoms with Crippen LogP contribution in [0.25, 0.3) is 0 Å². The Kier molecular flexibility index (Phi) is 4.14. The number of hydrogen-bond donors (Lipinski definition) is 1. The summed E-state index contributed by atoms with van der Waals surface area (Å²) < 4.78 is 12.7. The minimum atomic E-state index is -0.455. The number of nitrogens with zero attached hydrogens (tertiary/aromatic N) is 2. The van der Waals surface area contributed by atoms with E-state index >= 15 is 0 Å². The van der Waals surface area contributed by atoms with Crippen LogP contribution < -0.4 is 5.32 Å². The minimum Gasteiger partial charge on any atom is -0.363 e. The van der Waals surface area contributed by atoms with Crippen LogP contribution in [-0.4, -0.2) is 40.8 Å². The van der Waals surface area contributed by atoms with E-state index in [0.29, 0.717) is 5.82 Å². The maximum Gasteiger partial charge on any atom is 0.171 e. The van der Waals surface area contributed by atoms with Crippen molar-refractivity contribution in [3.05, 3.63) is 24.1 Å². The van der Waals surface area contributed by atoms with Gasteiger partial charge in [-0.15, -0.1) is 0 Å². The van der Waals surface area contributed by atoms with E-state index in [9.17, 15) is 9.18 Å². The molecule has 0 spiro atoms. The fourth-order valence-corrected chi connectivity index (χ4v) is 2.32. The molecule has 0 atom stereocenters. The molecule has 4 nitrogen and oxygen atoms in total. The van der Waals surface area contributed by atoms with Crippen molar-refractivity contribution >= 4 is 11.6 Å². The first-order valence-electron chi connectivity index (χ1n) is 6.64. The van der Waals surface area contributed by atoms with Crippen LogP contribution >= 0.6 is 0 Å². The Morgan fingerprint density at radius 2 is 2.11 bits per heavy atom. The summed E-state index contributed by atoms with van der Waals surface area (Å²) in [7, 11) is 0. The third-order valence-electron chi connectivity index (χ3n) is 3.74. The first-order chi connectivity index (χ1) is 9.00. The molecular weight excluding hydrogens is 245 g/mol. The highest BCUT2D eigenvalue weighted by Crippen LogP contribution is 2.21. The molecule has 1 aliphatic heterocycles. The van der Waals surface area contributed by atoms with Crippen molar-refractivity contribution in [2.75, 3.05) is 25.0 Å². The van der Waals surface area contributed by atoms with E-state index in [-0.39, 0.29) is 18.1 Å². The van der Waals surface area contributed by atoms with Crippen molar-refractivity contribution in [1.82, 2.24) is 9.88 Å². The van der Waals surface area contributed by atoms with E-state index in [1.165, 1.54) is 12.1 Å². The normalized spacial score (nSPS) is 16.6. The average molecular weight is 265 g/mol. The van der Waals surface area contributed by atoms with E-state index < -0.39 is 5.54 Å². The van der Waals surface area contributed by atoms with Crippen molar-refractivity contribution < 1.29 is 9.18 Å². The highest BCUT2D eigenvalue weighted by atomic mass is 19.1. The molecule has 0 aliphatic carbocycles. The monoisotopic (exact) mass is 265 g/mol. The summed E-state index contributed by atoms with van der Waals surface area (Å²) in [6.45, 7) is 6.09. The highest BCUT2D eigenvalue weighted by Gasteiger charge is 2.35. The lowest BCUT2D eigenvalue weighted by atomic mass is 9.97. The van der Waals surface area contributed by atoms with Crippen LogP contribution in [0.15, 0.2) is 18.3 Å². The van der Waals surface area contributed by atoms with Gasteiger partial charge in [0.1, 0.15) is 11.6 Å². The average Bonchev–Trinajstić information content (AvgIpc) is 2.92. The molecule has 1 aromatic rings. The number of carbonyl (C=O) groups is 1. The molecule has 1 fully saturated rings. The maximum absolute atomic E-state index is 12.7. The van der Waals surface area contributed by atoms with E-state index in [1.54, 1.807) is 0 Å². The number of likely N-dealkylation sites (tertiary alicyclic amines) is 1. The fraction of sp³-hybridized carbons (Fsp3) is 0.571. The van der Waals surface area contributed by atoms with Crippen molar-refractivity contribution in [1.29, 1.82) is 0 Å². The molecule has 0 saturated carbocycles. The van der Waals surface area contributed by atoms with Crippen LogP contribution in [0, 0.1) is 5.82 Å². The SMILES string of the molecule is CC(C)(C(=O)CNc1ccc(F)cn1)N1CCCC1. The standard InChI is InChI=1S/C14H20FN3O/c1-14(2,18-7-3-4-8-18)12(19)10-17-13-6-5-11(15)9-16-13/h5-6,9H,3-4,7-8,10H2,1-2H3,(H,16,17). The van der Waals surface area contributed by atoms with Crippen LogP contribution in [0.4, 0.5) is 10.2 Å². The van der Waals surface area contributed by atoms with Crippen LogP contribution in [0.2, 0.25) is 0 Å². The molecule has 0 amide bonds. The predicted molar refractivity (Wildman–Crippen MR) is 72.6 cm³/mol.